The number of hydroxylamine groups is 1. The minimum Gasteiger partial charge on any atom is -0.350 e. The smallest absolute Gasteiger partial charge is 0.245 e. The van der Waals surface area contributed by atoms with Crippen LogP contribution in [0.3, 0.4) is 0 Å². The average molecular weight is 477 g/mol. The van der Waals surface area contributed by atoms with E-state index >= 15 is 0 Å². The Bertz CT molecular complexity index is 1100. The Morgan fingerprint density at radius 2 is 1.88 bits per heavy atom. The Hall–Kier alpha value is -2.49. The third-order valence-electron chi connectivity index (χ3n) is 5.52. The van der Waals surface area contributed by atoms with Crippen molar-refractivity contribution in [1.82, 2.24) is 10.8 Å². The molecule has 1 fully saturated rings. The lowest BCUT2D eigenvalue weighted by Crippen LogP contribution is -2.43. The fourth-order valence-corrected chi connectivity index (χ4v) is 7.70. The van der Waals surface area contributed by atoms with Gasteiger partial charge in [-0.25, -0.2) is 13.9 Å². The summed E-state index contributed by atoms with van der Waals surface area (Å²) < 4.78 is 24.8. The standard InChI is InChI=1S/C23H28N2O5S2/c1-16(2)24-21(26)12-7-17-5-8-18(9-6-17)19-10-11-20(31-19)23(15-22(27)25-28)13-3-4-14-32(23,29)30/h5-12,16,28H,3-4,13-15H2,1-2H3,(H,24,26)(H,25,27)/t23-/m0/s1. The highest BCUT2D eigenvalue weighted by Crippen LogP contribution is 2.47. The second kappa shape index (κ2) is 9.97. The molecule has 0 spiro atoms. The van der Waals surface area contributed by atoms with Gasteiger partial charge in [-0.2, -0.15) is 0 Å². The van der Waals surface area contributed by atoms with Crippen LogP contribution in [-0.2, 0) is 24.2 Å². The zero-order valence-corrected chi connectivity index (χ0v) is 19.8. The lowest BCUT2D eigenvalue weighted by Gasteiger charge is -2.35. The molecule has 2 aromatic rings. The molecule has 0 aliphatic carbocycles. The second-order valence-electron chi connectivity index (χ2n) is 8.26. The number of amides is 2. The van der Waals surface area contributed by atoms with E-state index < -0.39 is 20.5 Å². The predicted molar refractivity (Wildman–Crippen MR) is 126 cm³/mol. The van der Waals surface area contributed by atoms with E-state index in [1.807, 2.05) is 44.2 Å². The highest BCUT2D eigenvalue weighted by molar-refractivity contribution is 7.92. The monoisotopic (exact) mass is 476 g/mol. The number of nitrogens with one attached hydrogen (secondary N) is 2. The average Bonchev–Trinajstić information content (AvgIpc) is 3.24. The van der Waals surface area contributed by atoms with Crippen molar-refractivity contribution in [2.24, 2.45) is 0 Å². The van der Waals surface area contributed by atoms with E-state index in [0.29, 0.717) is 24.1 Å². The summed E-state index contributed by atoms with van der Waals surface area (Å²) in [4.78, 5) is 25.2. The summed E-state index contributed by atoms with van der Waals surface area (Å²) >= 11 is 1.35. The molecule has 0 bridgehead atoms. The molecule has 3 N–H and O–H groups in total. The molecular weight excluding hydrogens is 448 g/mol. The summed E-state index contributed by atoms with van der Waals surface area (Å²) in [5.74, 6) is -0.828. The molecule has 1 aromatic heterocycles. The van der Waals surface area contributed by atoms with E-state index in [4.69, 9.17) is 5.21 Å². The van der Waals surface area contributed by atoms with Crippen molar-refractivity contribution < 1.29 is 23.2 Å². The maximum absolute atomic E-state index is 13.0. The van der Waals surface area contributed by atoms with Crippen molar-refractivity contribution in [3.05, 3.63) is 52.9 Å². The van der Waals surface area contributed by atoms with Crippen molar-refractivity contribution in [2.45, 2.75) is 50.3 Å². The molecule has 3 rings (SSSR count). The summed E-state index contributed by atoms with van der Waals surface area (Å²) in [6, 6.07) is 11.3. The Kier molecular flexibility index (Phi) is 7.53. The van der Waals surface area contributed by atoms with Crippen LogP contribution in [-0.4, -0.2) is 37.2 Å². The van der Waals surface area contributed by atoms with Gasteiger partial charge in [-0.15, -0.1) is 11.3 Å². The van der Waals surface area contributed by atoms with Gasteiger partial charge in [0.2, 0.25) is 11.8 Å². The van der Waals surface area contributed by atoms with E-state index in [-0.39, 0.29) is 24.1 Å². The zero-order chi connectivity index (χ0) is 23.4. The summed E-state index contributed by atoms with van der Waals surface area (Å²) in [6.07, 6.45) is 4.56. The number of benzene rings is 1. The maximum Gasteiger partial charge on any atom is 0.245 e. The first-order chi connectivity index (χ1) is 15.2. The summed E-state index contributed by atoms with van der Waals surface area (Å²) in [6.45, 7) is 3.80. The molecule has 9 heteroatoms. The van der Waals surface area contributed by atoms with E-state index in [1.165, 1.54) is 17.4 Å². The largest absolute Gasteiger partial charge is 0.350 e. The normalized spacial score (nSPS) is 20.4. The van der Waals surface area contributed by atoms with Gasteiger partial charge in [-0.1, -0.05) is 30.7 Å². The minimum absolute atomic E-state index is 0.0321. The van der Waals surface area contributed by atoms with Crippen molar-refractivity contribution in [3.8, 4) is 10.4 Å². The predicted octanol–water partition coefficient (Wildman–Crippen LogP) is 3.64. The molecule has 1 atom stereocenters. The van der Waals surface area contributed by atoms with E-state index in [0.717, 1.165) is 16.0 Å². The topological polar surface area (TPSA) is 113 Å². The molecule has 1 aliphatic rings. The number of hydrogen-bond donors (Lipinski definition) is 3. The van der Waals surface area contributed by atoms with E-state index in [9.17, 15) is 18.0 Å². The zero-order valence-electron chi connectivity index (χ0n) is 18.1. The maximum atomic E-state index is 13.0. The summed E-state index contributed by atoms with van der Waals surface area (Å²) in [7, 11) is -3.55. The molecule has 0 radical (unpaired) electrons. The molecule has 0 saturated carbocycles. The molecule has 1 aliphatic heterocycles. The van der Waals surface area contributed by atoms with Crippen molar-refractivity contribution in [2.75, 3.05) is 5.75 Å². The molecule has 172 valence electrons. The van der Waals surface area contributed by atoms with Gasteiger partial charge in [0.15, 0.2) is 9.84 Å². The lowest BCUT2D eigenvalue weighted by molar-refractivity contribution is -0.130. The van der Waals surface area contributed by atoms with Crippen LogP contribution in [0.2, 0.25) is 0 Å². The van der Waals surface area contributed by atoms with Crippen LogP contribution in [0, 0.1) is 0 Å². The minimum atomic E-state index is -3.55. The van der Waals surface area contributed by atoms with Crippen LogP contribution >= 0.6 is 11.3 Å². The number of sulfone groups is 1. The molecule has 0 unspecified atom stereocenters. The summed E-state index contributed by atoms with van der Waals surface area (Å²) in [5.41, 5.74) is 3.37. The number of thiophene rings is 1. The number of rotatable bonds is 7. The van der Waals surface area contributed by atoms with Gasteiger partial charge in [0.05, 0.1) is 12.2 Å². The highest BCUT2D eigenvalue weighted by atomic mass is 32.2. The molecule has 32 heavy (non-hydrogen) atoms. The number of hydrogen-bond acceptors (Lipinski definition) is 6. The Morgan fingerprint density at radius 1 is 1.16 bits per heavy atom. The molecular formula is C23H28N2O5S2. The molecule has 1 saturated heterocycles. The van der Waals surface area contributed by atoms with Crippen molar-refractivity contribution >= 4 is 39.1 Å². The third-order valence-corrected chi connectivity index (χ3v) is 9.57. The SMILES string of the molecule is CC(C)NC(=O)C=Cc1ccc(-c2ccc([C@@]3(CC(=O)NO)CCCCS3(=O)=O)s2)cc1. The van der Waals surface area contributed by atoms with Crippen LogP contribution in [0.25, 0.3) is 16.5 Å². The quantitative estimate of drug-likeness (QED) is 0.321. The lowest BCUT2D eigenvalue weighted by atomic mass is 9.94. The van der Waals surface area contributed by atoms with Crippen LogP contribution < -0.4 is 10.8 Å². The van der Waals surface area contributed by atoms with Gasteiger partial charge in [0.25, 0.3) is 0 Å². The fourth-order valence-electron chi connectivity index (χ4n) is 3.92. The van der Waals surface area contributed by atoms with Gasteiger partial charge in [-0.3, -0.25) is 14.8 Å². The highest BCUT2D eigenvalue weighted by Gasteiger charge is 2.49. The first kappa shape index (κ1) is 24.2. The first-order valence-electron chi connectivity index (χ1n) is 10.5. The van der Waals surface area contributed by atoms with Gasteiger partial charge < -0.3 is 5.32 Å². The molecule has 1 aromatic carbocycles. The van der Waals surface area contributed by atoms with Crippen LogP contribution in [0.5, 0.6) is 0 Å². The Morgan fingerprint density at radius 3 is 2.50 bits per heavy atom. The van der Waals surface area contributed by atoms with E-state index in [1.54, 1.807) is 17.6 Å². The van der Waals surface area contributed by atoms with Gasteiger partial charge in [0.1, 0.15) is 4.75 Å². The number of carbonyl (C=O) groups is 2. The van der Waals surface area contributed by atoms with Gasteiger partial charge in [-0.05, 0) is 56.0 Å². The van der Waals surface area contributed by atoms with Crippen molar-refractivity contribution in [3.63, 3.8) is 0 Å². The Labute approximate surface area is 192 Å². The third kappa shape index (κ3) is 5.28. The fraction of sp³-hybridized carbons (Fsp3) is 0.391. The van der Waals surface area contributed by atoms with Gasteiger partial charge >= 0.3 is 0 Å². The summed E-state index contributed by atoms with van der Waals surface area (Å²) in [5, 5.41) is 11.8. The van der Waals surface area contributed by atoms with Crippen LogP contribution in [0.1, 0.15) is 50.0 Å². The number of carbonyl (C=O) groups excluding carboxylic acids is 2. The van der Waals surface area contributed by atoms with Crippen LogP contribution in [0.4, 0.5) is 0 Å². The van der Waals surface area contributed by atoms with E-state index in [2.05, 4.69) is 5.32 Å². The van der Waals surface area contributed by atoms with Crippen LogP contribution in [0.15, 0.2) is 42.5 Å². The Balaban J connectivity index is 1.86. The molecule has 7 nitrogen and oxygen atoms in total. The van der Waals surface area contributed by atoms with Crippen molar-refractivity contribution in [1.29, 1.82) is 0 Å². The molecule has 2 heterocycles. The van der Waals surface area contributed by atoms with Gasteiger partial charge in [0, 0.05) is 21.9 Å². The molecule has 2 amide bonds. The first-order valence-corrected chi connectivity index (χ1v) is 13.0. The second-order valence-corrected chi connectivity index (χ2v) is 11.8.